The number of rotatable bonds is 4. The molecule has 1 heterocycles. The molecule has 4 nitrogen and oxygen atoms in total. The minimum absolute atomic E-state index is 0.0469. The molecule has 114 valence electrons. The predicted molar refractivity (Wildman–Crippen MR) is 78.0 cm³/mol. The summed E-state index contributed by atoms with van der Waals surface area (Å²) in [5.41, 5.74) is 0.821. The number of nitrogens with zero attached hydrogens (tertiary/aromatic N) is 1. The maximum atomic E-state index is 13.2. The summed E-state index contributed by atoms with van der Waals surface area (Å²) in [6, 6.07) is 5.36. The number of amides is 2. The highest BCUT2D eigenvalue weighted by Crippen LogP contribution is 2.16. The van der Waals surface area contributed by atoms with Crippen molar-refractivity contribution in [2.24, 2.45) is 5.92 Å². The van der Waals surface area contributed by atoms with Gasteiger partial charge in [0, 0.05) is 6.54 Å². The van der Waals surface area contributed by atoms with Crippen LogP contribution in [0.2, 0.25) is 0 Å². The Morgan fingerprint density at radius 3 is 2.67 bits per heavy atom. The van der Waals surface area contributed by atoms with Crippen molar-refractivity contribution in [2.45, 2.75) is 39.3 Å². The third-order valence-corrected chi connectivity index (χ3v) is 3.89. The van der Waals surface area contributed by atoms with Crippen molar-refractivity contribution in [2.75, 3.05) is 6.54 Å². The van der Waals surface area contributed by atoms with Crippen LogP contribution in [0.3, 0.4) is 0 Å². The minimum Gasteiger partial charge on any atom is -0.342 e. The van der Waals surface area contributed by atoms with Crippen LogP contribution in [-0.4, -0.2) is 35.3 Å². The quantitative estimate of drug-likeness (QED) is 0.919. The topological polar surface area (TPSA) is 49.4 Å². The Bertz CT molecular complexity index is 545. The van der Waals surface area contributed by atoms with E-state index >= 15 is 0 Å². The first-order chi connectivity index (χ1) is 9.90. The number of carbonyl (C=O) groups excluding carboxylic acids is 2. The number of hydrogen-bond acceptors (Lipinski definition) is 2. The van der Waals surface area contributed by atoms with E-state index in [-0.39, 0.29) is 23.5 Å². The van der Waals surface area contributed by atoms with E-state index in [4.69, 9.17) is 0 Å². The predicted octanol–water partition coefficient (Wildman–Crippen LogP) is 1.74. The van der Waals surface area contributed by atoms with Crippen molar-refractivity contribution in [1.29, 1.82) is 0 Å². The Morgan fingerprint density at radius 2 is 2.05 bits per heavy atom. The maximum absolute atomic E-state index is 13.2. The average molecular weight is 292 g/mol. The number of hydrogen-bond donors (Lipinski definition) is 1. The molecule has 21 heavy (non-hydrogen) atoms. The first kappa shape index (κ1) is 15.5. The van der Waals surface area contributed by atoms with Gasteiger partial charge < -0.3 is 10.2 Å². The van der Waals surface area contributed by atoms with Gasteiger partial charge in [0.2, 0.25) is 11.8 Å². The molecule has 1 aliphatic rings. The van der Waals surface area contributed by atoms with Crippen molar-refractivity contribution in [1.82, 2.24) is 10.2 Å². The molecule has 1 N–H and O–H groups in total. The molecule has 1 aliphatic heterocycles. The number of carbonyl (C=O) groups is 2. The van der Waals surface area contributed by atoms with Crippen LogP contribution in [0.15, 0.2) is 24.3 Å². The fourth-order valence-electron chi connectivity index (χ4n) is 2.54. The number of benzene rings is 1. The molecule has 0 bridgehead atoms. The largest absolute Gasteiger partial charge is 0.342 e. The van der Waals surface area contributed by atoms with E-state index < -0.39 is 12.1 Å². The number of nitrogens with one attached hydrogen (secondary N) is 1. The average Bonchev–Trinajstić information content (AvgIpc) is 2.42. The van der Waals surface area contributed by atoms with Crippen LogP contribution in [-0.2, 0) is 16.0 Å². The molecule has 1 aromatic rings. The lowest BCUT2D eigenvalue weighted by atomic mass is 9.98. The van der Waals surface area contributed by atoms with E-state index in [1.807, 2.05) is 19.9 Å². The van der Waals surface area contributed by atoms with Gasteiger partial charge in [0.05, 0.1) is 0 Å². The Balaban J connectivity index is 2.09. The number of halogens is 1. The van der Waals surface area contributed by atoms with E-state index in [1.165, 1.54) is 12.1 Å². The van der Waals surface area contributed by atoms with Crippen molar-refractivity contribution >= 4 is 11.8 Å². The summed E-state index contributed by atoms with van der Waals surface area (Å²) in [5, 5.41) is 2.76. The molecular weight excluding hydrogens is 271 g/mol. The maximum Gasteiger partial charge on any atom is 0.246 e. The second-order valence-corrected chi connectivity index (χ2v) is 5.82. The molecule has 0 saturated carbocycles. The lowest BCUT2D eigenvalue weighted by Crippen LogP contribution is -2.64. The Morgan fingerprint density at radius 1 is 1.33 bits per heavy atom. The first-order valence-corrected chi connectivity index (χ1v) is 7.25. The van der Waals surface area contributed by atoms with Crippen molar-refractivity contribution < 1.29 is 14.0 Å². The minimum atomic E-state index is -0.485. The molecule has 2 unspecified atom stereocenters. The Kier molecular flexibility index (Phi) is 4.60. The third kappa shape index (κ3) is 3.40. The lowest BCUT2D eigenvalue weighted by Gasteiger charge is -2.38. The standard InChI is InChI=1S/C16H21FN2O2/c1-10(2)14-16(21)19(11(3)15(20)18-14)8-7-12-5-4-6-13(17)9-12/h4-6,9-11,14H,7-8H2,1-3H3,(H,18,20). The second kappa shape index (κ2) is 6.24. The summed E-state index contributed by atoms with van der Waals surface area (Å²) in [6.45, 7) is 5.95. The smallest absolute Gasteiger partial charge is 0.246 e. The summed E-state index contributed by atoms with van der Waals surface area (Å²) in [5.74, 6) is -0.435. The van der Waals surface area contributed by atoms with Crippen molar-refractivity contribution in [3.8, 4) is 0 Å². The van der Waals surface area contributed by atoms with E-state index in [9.17, 15) is 14.0 Å². The highest BCUT2D eigenvalue weighted by molar-refractivity contribution is 5.96. The van der Waals surface area contributed by atoms with Gasteiger partial charge in [-0.15, -0.1) is 0 Å². The molecule has 1 saturated heterocycles. The van der Waals surface area contributed by atoms with E-state index in [0.717, 1.165) is 5.56 Å². The monoisotopic (exact) mass is 292 g/mol. The zero-order valence-corrected chi connectivity index (χ0v) is 12.6. The van der Waals surface area contributed by atoms with Gasteiger partial charge in [0.1, 0.15) is 17.9 Å². The fraction of sp³-hybridized carbons (Fsp3) is 0.500. The zero-order valence-electron chi connectivity index (χ0n) is 12.6. The number of piperazine rings is 1. The highest BCUT2D eigenvalue weighted by Gasteiger charge is 2.38. The molecule has 0 radical (unpaired) electrons. The van der Waals surface area contributed by atoms with Gasteiger partial charge in [-0.25, -0.2) is 4.39 Å². The Hall–Kier alpha value is -1.91. The molecular formula is C16H21FN2O2. The van der Waals surface area contributed by atoms with Gasteiger partial charge in [-0.1, -0.05) is 26.0 Å². The molecule has 1 fully saturated rings. The molecule has 0 spiro atoms. The van der Waals surface area contributed by atoms with Crippen LogP contribution in [0.1, 0.15) is 26.3 Å². The summed E-state index contributed by atoms with van der Waals surface area (Å²) in [7, 11) is 0. The SMILES string of the molecule is CC(C)C1NC(=O)C(C)N(CCc2cccc(F)c2)C1=O. The summed E-state index contributed by atoms with van der Waals surface area (Å²) in [6.07, 6.45) is 0.534. The van der Waals surface area contributed by atoms with Crippen LogP contribution < -0.4 is 5.32 Å². The molecule has 2 amide bonds. The van der Waals surface area contributed by atoms with Gasteiger partial charge in [-0.3, -0.25) is 9.59 Å². The van der Waals surface area contributed by atoms with Gasteiger partial charge in [0.15, 0.2) is 0 Å². The second-order valence-electron chi connectivity index (χ2n) is 5.82. The van der Waals surface area contributed by atoms with Gasteiger partial charge >= 0.3 is 0 Å². The van der Waals surface area contributed by atoms with Gasteiger partial charge in [0.25, 0.3) is 0 Å². The Labute approximate surface area is 124 Å². The molecule has 2 atom stereocenters. The molecule has 5 heteroatoms. The van der Waals surface area contributed by atoms with Crippen LogP contribution in [0.4, 0.5) is 4.39 Å². The highest BCUT2D eigenvalue weighted by atomic mass is 19.1. The summed E-state index contributed by atoms with van der Waals surface area (Å²) < 4.78 is 13.2. The molecule has 2 rings (SSSR count). The lowest BCUT2D eigenvalue weighted by molar-refractivity contribution is -0.149. The van der Waals surface area contributed by atoms with Crippen LogP contribution in [0, 0.1) is 11.7 Å². The summed E-state index contributed by atoms with van der Waals surface area (Å²) >= 11 is 0. The molecule has 1 aromatic carbocycles. The van der Waals surface area contributed by atoms with Crippen LogP contribution >= 0.6 is 0 Å². The summed E-state index contributed by atoms with van der Waals surface area (Å²) in [4.78, 5) is 26.0. The van der Waals surface area contributed by atoms with Crippen molar-refractivity contribution in [3.05, 3.63) is 35.6 Å². The van der Waals surface area contributed by atoms with Crippen LogP contribution in [0.5, 0.6) is 0 Å². The first-order valence-electron chi connectivity index (χ1n) is 7.25. The third-order valence-electron chi connectivity index (χ3n) is 3.89. The normalized spacial score (nSPS) is 22.6. The zero-order chi connectivity index (χ0) is 15.6. The van der Waals surface area contributed by atoms with Gasteiger partial charge in [-0.05, 0) is 37.0 Å². The fourth-order valence-corrected chi connectivity index (χ4v) is 2.54. The van der Waals surface area contributed by atoms with Crippen LogP contribution in [0.25, 0.3) is 0 Å². The van der Waals surface area contributed by atoms with Crippen molar-refractivity contribution in [3.63, 3.8) is 0 Å². The van der Waals surface area contributed by atoms with E-state index in [0.29, 0.717) is 13.0 Å². The van der Waals surface area contributed by atoms with Gasteiger partial charge in [-0.2, -0.15) is 0 Å². The molecule has 0 aliphatic carbocycles. The molecule has 0 aromatic heterocycles. The van der Waals surface area contributed by atoms with E-state index in [2.05, 4.69) is 5.32 Å². The van der Waals surface area contributed by atoms with E-state index in [1.54, 1.807) is 17.9 Å².